The van der Waals surface area contributed by atoms with Crippen molar-refractivity contribution in [2.75, 3.05) is 4.72 Å². The van der Waals surface area contributed by atoms with E-state index in [-0.39, 0.29) is 31.0 Å². The number of para-hydroxylation sites is 1. The lowest BCUT2D eigenvalue weighted by Gasteiger charge is -2.18. The van der Waals surface area contributed by atoms with E-state index in [1.165, 1.54) is 12.1 Å². The number of nitrogens with one attached hydrogen (secondary N) is 2. The van der Waals surface area contributed by atoms with Gasteiger partial charge in [-0.15, -0.1) is 0 Å². The molecule has 162 valence electrons. The van der Waals surface area contributed by atoms with Gasteiger partial charge in [-0.1, -0.05) is 77.3 Å². The molecule has 0 aliphatic rings. The van der Waals surface area contributed by atoms with Crippen molar-refractivity contribution in [2.45, 2.75) is 16.6 Å². The van der Waals surface area contributed by atoms with E-state index in [1.54, 1.807) is 36.4 Å². The minimum Gasteiger partial charge on any atom is -0.384 e. The fourth-order valence-corrected chi connectivity index (χ4v) is 5.47. The molecule has 0 fully saturated rings. The Labute approximate surface area is 201 Å². The SMILES string of the molecule is N=C(N)c1ccc(CC(S)c2ccccc2NS(=O)(=O)c2cc(Cl)c(Cl)cc2Cl)cc1. The van der Waals surface area contributed by atoms with Crippen LogP contribution in [0.3, 0.4) is 0 Å². The molecule has 1 unspecified atom stereocenters. The van der Waals surface area contributed by atoms with Crippen LogP contribution in [-0.2, 0) is 16.4 Å². The van der Waals surface area contributed by atoms with Crippen LogP contribution in [0, 0.1) is 5.41 Å². The van der Waals surface area contributed by atoms with E-state index in [0.29, 0.717) is 23.2 Å². The van der Waals surface area contributed by atoms with E-state index < -0.39 is 10.0 Å². The Morgan fingerprint density at radius 1 is 1.00 bits per heavy atom. The van der Waals surface area contributed by atoms with Crippen LogP contribution in [-0.4, -0.2) is 14.3 Å². The number of halogens is 3. The van der Waals surface area contributed by atoms with Gasteiger partial charge in [0.2, 0.25) is 0 Å². The van der Waals surface area contributed by atoms with Crippen LogP contribution in [0.25, 0.3) is 0 Å². The number of hydrogen-bond acceptors (Lipinski definition) is 4. The largest absolute Gasteiger partial charge is 0.384 e. The predicted molar refractivity (Wildman–Crippen MR) is 132 cm³/mol. The summed E-state index contributed by atoms with van der Waals surface area (Å²) in [6, 6.07) is 16.7. The van der Waals surface area contributed by atoms with Crippen molar-refractivity contribution in [3.05, 3.63) is 92.4 Å². The summed E-state index contributed by atoms with van der Waals surface area (Å²) in [5, 5.41) is 7.39. The van der Waals surface area contributed by atoms with Gasteiger partial charge in [0.1, 0.15) is 10.7 Å². The number of thiol groups is 1. The van der Waals surface area contributed by atoms with Crippen LogP contribution < -0.4 is 10.5 Å². The number of amidine groups is 1. The van der Waals surface area contributed by atoms with E-state index in [4.69, 9.17) is 45.9 Å². The average Bonchev–Trinajstić information content (AvgIpc) is 2.71. The summed E-state index contributed by atoms with van der Waals surface area (Å²) in [6.07, 6.45) is 0.535. The van der Waals surface area contributed by atoms with Crippen LogP contribution in [0.15, 0.2) is 65.6 Å². The summed E-state index contributed by atoms with van der Waals surface area (Å²) in [5.74, 6) is -0.00492. The Morgan fingerprint density at radius 2 is 1.61 bits per heavy atom. The molecule has 0 bridgehead atoms. The molecule has 0 aromatic heterocycles. The van der Waals surface area contributed by atoms with Gasteiger partial charge in [-0.05, 0) is 35.7 Å². The molecule has 0 heterocycles. The first-order chi connectivity index (χ1) is 14.6. The maximum Gasteiger partial charge on any atom is 0.263 e. The molecular formula is C21H18Cl3N3O2S2. The minimum absolute atomic E-state index is 0.00492. The number of sulfonamides is 1. The molecule has 0 saturated carbocycles. The first kappa shape index (κ1) is 23.8. The van der Waals surface area contributed by atoms with Crippen molar-refractivity contribution in [3.63, 3.8) is 0 Å². The van der Waals surface area contributed by atoms with Crippen molar-refractivity contribution in [1.82, 2.24) is 0 Å². The zero-order valence-corrected chi connectivity index (χ0v) is 19.9. The highest BCUT2D eigenvalue weighted by Crippen LogP contribution is 2.35. The number of benzene rings is 3. The fraction of sp³-hybridized carbons (Fsp3) is 0.0952. The Balaban J connectivity index is 1.87. The smallest absolute Gasteiger partial charge is 0.263 e. The summed E-state index contributed by atoms with van der Waals surface area (Å²) in [7, 11) is -4.02. The Bertz CT molecular complexity index is 1230. The van der Waals surface area contributed by atoms with Gasteiger partial charge in [-0.3, -0.25) is 10.1 Å². The van der Waals surface area contributed by atoms with Gasteiger partial charge in [0, 0.05) is 10.8 Å². The van der Waals surface area contributed by atoms with E-state index in [0.717, 1.165) is 5.56 Å². The molecule has 10 heteroatoms. The van der Waals surface area contributed by atoms with Gasteiger partial charge in [-0.25, -0.2) is 8.42 Å². The second-order valence-electron chi connectivity index (χ2n) is 6.72. The molecule has 3 aromatic rings. The quantitative estimate of drug-likeness (QED) is 0.136. The fourth-order valence-electron chi connectivity index (χ4n) is 2.94. The first-order valence-corrected chi connectivity index (χ1v) is 12.1. The van der Waals surface area contributed by atoms with E-state index in [9.17, 15) is 8.42 Å². The molecule has 3 rings (SSSR count). The third-order valence-electron chi connectivity index (χ3n) is 4.52. The van der Waals surface area contributed by atoms with Crippen LogP contribution in [0.1, 0.15) is 21.9 Å². The maximum atomic E-state index is 13.0. The van der Waals surface area contributed by atoms with Gasteiger partial charge < -0.3 is 5.73 Å². The third kappa shape index (κ3) is 5.67. The zero-order chi connectivity index (χ0) is 22.8. The van der Waals surface area contributed by atoms with Gasteiger partial charge in [0.15, 0.2) is 0 Å². The monoisotopic (exact) mass is 513 g/mol. The average molecular weight is 515 g/mol. The number of nitrogens with two attached hydrogens (primary N) is 1. The molecule has 31 heavy (non-hydrogen) atoms. The molecular weight excluding hydrogens is 497 g/mol. The van der Waals surface area contributed by atoms with Crippen molar-refractivity contribution >= 4 is 69.0 Å². The van der Waals surface area contributed by atoms with Crippen molar-refractivity contribution in [2.24, 2.45) is 5.73 Å². The maximum absolute atomic E-state index is 13.0. The third-order valence-corrected chi connectivity index (χ3v) is 7.54. The highest BCUT2D eigenvalue weighted by molar-refractivity contribution is 7.92. The van der Waals surface area contributed by atoms with E-state index in [1.807, 2.05) is 12.1 Å². The van der Waals surface area contributed by atoms with Crippen LogP contribution in [0.2, 0.25) is 15.1 Å². The van der Waals surface area contributed by atoms with Crippen molar-refractivity contribution < 1.29 is 8.42 Å². The van der Waals surface area contributed by atoms with Crippen molar-refractivity contribution in [3.8, 4) is 0 Å². The molecule has 0 amide bonds. The zero-order valence-electron chi connectivity index (χ0n) is 15.9. The Morgan fingerprint density at radius 3 is 2.26 bits per heavy atom. The van der Waals surface area contributed by atoms with Gasteiger partial charge in [-0.2, -0.15) is 12.6 Å². The Kier molecular flexibility index (Phi) is 7.44. The van der Waals surface area contributed by atoms with E-state index in [2.05, 4.69) is 17.4 Å². The summed E-state index contributed by atoms with van der Waals surface area (Å²) in [6.45, 7) is 0. The lowest BCUT2D eigenvalue weighted by Crippen LogP contribution is -2.15. The topological polar surface area (TPSA) is 96.0 Å². The summed E-state index contributed by atoms with van der Waals surface area (Å²) >= 11 is 22.7. The van der Waals surface area contributed by atoms with Crippen LogP contribution in [0.4, 0.5) is 5.69 Å². The van der Waals surface area contributed by atoms with Crippen LogP contribution >= 0.6 is 47.4 Å². The summed E-state index contributed by atoms with van der Waals surface area (Å²) in [4.78, 5) is -0.172. The second-order valence-corrected chi connectivity index (χ2v) is 10.2. The first-order valence-electron chi connectivity index (χ1n) is 8.96. The number of rotatable bonds is 7. The molecule has 0 radical (unpaired) electrons. The molecule has 0 aliphatic carbocycles. The molecule has 0 saturated heterocycles. The standard InChI is InChI=1S/C21H18Cl3N3O2S2/c22-15-10-17(24)20(11-16(15)23)31(28,29)27-18-4-2-1-3-14(18)19(30)9-12-5-7-13(8-6-12)21(25)26/h1-8,10-11,19,27,30H,9H2,(H3,25,26). The molecule has 5 nitrogen and oxygen atoms in total. The number of anilines is 1. The molecule has 0 aliphatic heterocycles. The highest BCUT2D eigenvalue weighted by Gasteiger charge is 2.22. The summed E-state index contributed by atoms with van der Waals surface area (Å²) < 4.78 is 28.5. The molecule has 1 atom stereocenters. The number of nitrogen functional groups attached to an aromatic ring is 1. The lowest BCUT2D eigenvalue weighted by atomic mass is 10.0. The second kappa shape index (κ2) is 9.71. The van der Waals surface area contributed by atoms with Gasteiger partial charge in [0.05, 0.1) is 20.8 Å². The number of hydrogen-bond donors (Lipinski definition) is 4. The highest BCUT2D eigenvalue weighted by atomic mass is 35.5. The molecule has 4 N–H and O–H groups in total. The van der Waals surface area contributed by atoms with E-state index >= 15 is 0 Å². The van der Waals surface area contributed by atoms with Crippen molar-refractivity contribution in [1.29, 1.82) is 5.41 Å². The lowest BCUT2D eigenvalue weighted by molar-refractivity contribution is 0.601. The van der Waals surface area contributed by atoms with Gasteiger partial charge >= 0.3 is 0 Å². The molecule has 3 aromatic carbocycles. The molecule has 0 spiro atoms. The Hall–Kier alpha value is -1.90. The minimum atomic E-state index is -4.02. The predicted octanol–water partition coefficient (Wildman–Crippen LogP) is 5.95. The normalized spacial score (nSPS) is 12.4. The summed E-state index contributed by atoms with van der Waals surface area (Å²) in [5.41, 5.74) is 8.16. The van der Waals surface area contributed by atoms with Crippen LogP contribution in [0.5, 0.6) is 0 Å². The van der Waals surface area contributed by atoms with Gasteiger partial charge in [0.25, 0.3) is 10.0 Å².